The van der Waals surface area contributed by atoms with Gasteiger partial charge in [0.05, 0.1) is 23.4 Å². The summed E-state index contributed by atoms with van der Waals surface area (Å²) in [6.07, 6.45) is 7.69. The molecule has 0 radical (unpaired) electrons. The number of pyridine rings is 1. The number of aryl methyl sites for hydroxylation is 2. The van der Waals surface area contributed by atoms with E-state index in [1.807, 2.05) is 47.3 Å². The van der Waals surface area contributed by atoms with Crippen molar-refractivity contribution in [3.05, 3.63) is 95.4 Å². The number of fused-ring (bicyclic) bond motifs is 2. The van der Waals surface area contributed by atoms with Crippen molar-refractivity contribution in [3.63, 3.8) is 0 Å². The van der Waals surface area contributed by atoms with Crippen LogP contribution < -0.4 is 4.90 Å². The van der Waals surface area contributed by atoms with Gasteiger partial charge < -0.3 is 14.4 Å². The van der Waals surface area contributed by atoms with E-state index in [1.165, 1.54) is 5.56 Å². The fourth-order valence-corrected chi connectivity index (χ4v) is 5.96. The van der Waals surface area contributed by atoms with Crippen LogP contribution >= 0.6 is 0 Å². The Balaban J connectivity index is 1.19. The highest BCUT2D eigenvalue weighted by atomic mass is 16.2. The summed E-state index contributed by atoms with van der Waals surface area (Å²) in [4.78, 5) is 35.4. The number of carbonyl (C=O) groups excluding carboxylic acids is 2. The molecule has 6 heteroatoms. The molecule has 0 aliphatic carbocycles. The average molecular weight is 493 g/mol. The second kappa shape index (κ2) is 9.85. The zero-order valence-electron chi connectivity index (χ0n) is 21.3. The summed E-state index contributed by atoms with van der Waals surface area (Å²) < 4.78 is 2.07. The summed E-state index contributed by atoms with van der Waals surface area (Å²) in [5.41, 5.74) is 5.76. The zero-order valence-corrected chi connectivity index (χ0v) is 21.3. The van der Waals surface area contributed by atoms with Crippen molar-refractivity contribution in [1.82, 2.24) is 14.5 Å². The highest BCUT2D eigenvalue weighted by Crippen LogP contribution is 2.31. The van der Waals surface area contributed by atoms with Crippen molar-refractivity contribution in [2.24, 2.45) is 7.05 Å². The van der Waals surface area contributed by atoms with E-state index < -0.39 is 0 Å². The Morgan fingerprint density at radius 3 is 2.54 bits per heavy atom. The van der Waals surface area contributed by atoms with Gasteiger partial charge >= 0.3 is 0 Å². The highest BCUT2D eigenvalue weighted by molar-refractivity contribution is 6.00. The predicted molar refractivity (Wildman–Crippen MR) is 146 cm³/mol. The van der Waals surface area contributed by atoms with Crippen LogP contribution in [0.15, 0.2) is 73.1 Å². The van der Waals surface area contributed by atoms with Gasteiger partial charge in [0.2, 0.25) is 5.91 Å². The first kappa shape index (κ1) is 23.5. The average Bonchev–Trinajstić information content (AvgIpc) is 3.27. The van der Waals surface area contributed by atoms with Gasteiger partial charge in [-0.25, -0.2) is 0 Å². The minimum Gasteiger partial charge on any atom is -0.350 e. The lowest BCUT2D eigenvalue weighted by Crippen LogP contribution is -2.39. The lowest BCUT2D eigenvalue weighted by atomic mass is 9.89. The van der Waals surface area contributed by atoms with Crippen LogP contribution in [0.2, 0.25) is 0 Å². The van der Waals surface area contributed by atoms with Gasteiger partial charge in [0.1, 0.15) is 0 Å². The van der Waals surface area contributed by atoms with Crippen LogP contribution in [-0.4, -0.2) is 45.9 Å². The molecule has 0 bridgehead atoms. The molecule has 2 aromatic carbocycles. The SMILES string of the molecule is Cn1cc(CC(=O)N2CCCc3ncc(C(=O)N4CCC(c5ccccc5)CC4)cc32)c2ccccc21. The first-order chi connectivity index (χ1) is 18.1. The largest absolute Gasteiger partial charge is 0.350 e. The molecule has 0 N–H and O–H groups in total. The third kappa shape index (κ3) is 4.52. The molecule has 2 amide bonds. The van der Waals surface area contributed by atoms with E-state index in [1.54, 1.807) is 6.20 Å². The molecule has 2 aliphatic rings. The van der Waals surface area contributed by atoms with Gasteiger partial charge in [0.25, 0.3) is 5.91 Å². The van der Waals surface area contributed by atoms with Gasteiger partial charge in [-0.3, -0.25) is 14.6 Å². The number of anilines is 1. The number of likely N-dealkylation sites (tertiary alicyclic amines) is 1. The van der Waals surface area contributed by atoms with Crippen LogP contribution in [0.5, 0.6) is 0 Å². The van der Waals surface area contributed by atoms with Crippen LogP contribution in [0.1, 0.15) is 52.4 Å². The van der Waals surface area contributed by atoms with Crippen molar-refractivity contribution >= 4 is 28.4 Å². The van der Waals surface area contributed by atoms with Crippen LogP contribution in [0, 0.1) is 0 Å². The minimum atomic E-state index is 0.00818. The summed E-state index contributed by atoms with van der Waals surface area (Å²) in [5.74, 6) is 0.551. The second-order valence-electron chi connectivity index (χ2n) is 10.3. The number of rotatable bonds is 4. The molecule has 0 unspecified atom stereocenters. The van der Waals surface area contributed by atoms with Crippen molar-refractivity contribution < 1.29 is 9.59 Å². The van der Waals surface area contributed by atoms with Crippen LogP contribution in [-0.2, 0) is 24.7 Å². The first-order valence-electron chi connectivity index (χ1n) is 13.2. The van der Waals surface area contributed by atoms with Crippen molar-refractivity contribution in [1.29, 1.82) is 0 Å². The molecular formula is C31H32N4O2. The monoisotopic (exact) mass is 492 g/mol. The summed E-state index contributed by atoms with van der Waals surface area (Å²) in [7, 11) is 2.01. The van der Waals surface area contributed by atoms with Gasteiger partial charge in [-0.15, -0.1) is 0 Å². The molecule has 0 spiro atoms. The normalized spacial score (nSPS) is 16.1. The summed E-state index contributed by atoms with van der Waals surface area (Å²) >= 11 is 0. The van der Waals surface area contributed by atoms with E-state index >= 15 is 0 Å². The molecule has 6 nitrogen and oxygen atoms in total. The van der Waals surface area contributed by atoms with Crippen LogP contribution in [0.3, 0.4) is 0 Å². The Bertz CT molecular complexity index is 1450. The molecule has 1 saturated heterocycles. The minimum absolute atomic E-state index is 0.00818. The Labute approximate surface area is 217 Å². The van der Waals surface area contributed by atoms with Gasteiger partial charge in [-0.05, 0) is 54.9 Å². The van der Waals surface area contributed by atoms with E-state index in [4.69, 9.17) is 0 Å². The molecule has 2 aromatic heterocycles. The van der Waals surface area contributed by atoms with Gasteiger partial charge in [0.15, 0.2) is 0 Å². The second-order valence-corrected chi connectivity index (χ2v) is 10.3. The maximum absolute atomic E-state index is 13.5. The van der Waals surface area contributed by atoms with Crippen molar-refractivity contribution in [2.75, 3.05) is 24.5 Å². The number of hydrogen-bond donors (Lipinski definition) is 0. The van der Waals surface area contributed by atoms with Gasteiger partial charge in [-0.2, -0.15) is 0 Å². The van der Waals surface area contributed by atoms with E-state index in [9.17, 15) is 9.59 Å². The van der Waals surface area contributed by atoms with Gasteiger partial charge in [-0.1, -0.05) is 48.5 Å². The third-order valence-corrected chi connectivity index (χ3v) is 7.96. The van der Waals surface area contributed by atoms with Crippen molar-refractivity contribution in [2.45, 2.75) is 38.0 Å². The molecule has 37 heavy (non-hydrogen) atoms. The Kier molecular flexibility index (Phi) is 6.25. The zero-order chi connectivity index (χ0) is 25.4. The van der Waals surface area contributed by atoms with Crippen molar-refractivity contribution in [3.8, 4) is 0 Å². The van der Waals surface area contributed by atoms with Gasteiger partial charge in [0, 0.05) is 50.0 Å². The Morgan fingerprint density at radius 2 is 1.73 bits per heavy atom. The number of piperidine rings is 1. The fourth-order valence-electron chi connectivity index (χ4n) is 5.96. The smallest absolute Gasteiger partial charge is 0.255 e. The summed E-state index contributed by atoms with van der Waals surface area (Å²) in [6, 6.07) is 20.6. The molecule has 0 saturated carbocycles. The lowest BCUT2D eigenvalue weighted by molar-refractivity contribution is -0.118. The molecule has 2 aliphatic heterocycles. The quantitative estimate of drug-likeness (QED) is 0.398. The fraction of sp³-hybridized carbons (Fsp3) is 0.323. The third-order valence-electron chi connectivity index (χ3n) is 7.96. The Hall–Kier alpha value is -3.93. The number of nitrogens with zero attached hydrogens (tertiary/aromatic N) is 4. The molecule has 4 heterocycles. The number of aromatic nitrogens is 2. The highest BCUT2D eigenvalue weighted by Gasteiger charge is 2.28. The number of para-hydroxylation sites is 1. The molecule has 6 rings (SSSR count). The van der Waals surface area contributed by atoms with E-state index in [-0.39, 0.29) is 11.8 Å². The summed E-state index contributed by atoms with van der Waals surface area (Å²) in [5, 5.41) is 1.11. The first-order valence-corrected chi connectivity index (χ1v) is 13.2. The topological polar surface area (TPSA) is 58.4 Å². The molecular weight excluding hydrogens is 460 g/mol. The number of hydrogen-bond acceptors (Lipinski definition) is 3. The molecule has 1 fully saturated rings. The standard InChI is InChI=1S/C31H32N4O2/c1-33-21-25(26-10-5-6-12-28(26)33)19-30(36)35-15-7-11-27-29(35)18-24(20-32-27)31(37)34-16-13-23(14-17-34)22-8-3-2-4-9-22/h2-6,8-10,12,18,20-21,23H,7,11,13-17,19H2,1H3. The predicted octanol–water partition coefficient (Wildman–Crippen LogP) is 5.12. The van der Waals surface area contributed by atoms with Crippen LogP contribution in [0.4, 0.5) is 5.69 Å². The number of amides is 2. The summed E-state index contributed by atoms with van der Waals surface area (Å²) in [6.45, 7) is 2.12. The molecule has 188 valence electrons. The number of carbonyl (C=O) groups is 2. The van der Waals surface area contributed by atoms with E-state index in [0.29, 0.717) is 24.4 Å². The molecule has 0 atom stereocenters. The lowest BCUT2D eigenvalue weighted by Gasteiger charge is -2.33. The molecule has 4 aromatic rings. The van der Waals surface area contributed by atoms with E-state index in [2.05, 4.69) is 45.9 Å². The van der Waals surface area contributed by atoms with E-state index in [0.717, 1.165) is 66.6 Å². The Morgan fingerprint density at radius 1 is 0.973 bits per heavy atom. The maximum Gasteiger partial charge on any atom is 0.255 e. The maximum atomic E-state index is 13.5. The number of benzene rings is 2. The van der Waals surface area contributed by atoms with Crippen LogP contribution in [0.25, 0.3) is 10.9 Å².